The van der Waals surface area contributed by atoms with E-state index in [1.807, 2.05) is 6.92 Å². The maximum atomic E-state index is 13.2. The van der Waals surface area contributed by atoms with Crippen LogP contribution in [-0.4, -0.2) is 32.0 Å². The van der Waals surface area contributed by atoms with Crippen LogP contribution in [0.2, 0.25) is 0 Å². The summed E-state index contributed by atoms with van der Waals surface area (Å²) in [5.74, 6) is -0.0136. The first-order valence-corrected chi connectivity index (χ1v) is 9.83. The minimum absolute atomic E-state index is 0.123. The minimum Gasteiger partial charge on any atom is -0.313 e. The predicted molar refractivity (Wildman–Crippen MR) is 86.7 cm³/mol. The molecule has 2 unspecified atom stereocenters. The lowest BCUT2D eigenvalue weighted by Crippen LogP contribution is -2.47. The first-order chi connectivity index (χ1) is 9.94. The predicted octanol–water partition coefficient (Wildman–Crippen LogP) is 3.08. The largest absolute Gasteiger partial charge is 0.313 e. The van der Waals surface area contributed by atoms with Gasteiger partial charge in [0.2, 0.25) is 0 Å². The molecule has 6 heteroatoms. The maximum Gasteiger partial charge on any atom is 0.154 e. The van der Waals surface area contributed by atoms with Gasteiger partial charge in [-0.15, -0.1) is 0 Å². The van der Waals surface area contributed by atoms with Crippen molar-refractivity contribution >= 4 is 25.8 Å². The van der Waals surface area contributed by atoms with Crippen molar-refractivity contribution in [2.45, 2.75) is 43.9 Å². The number of hydrogen-bond acceptors (Lipinski definition) is 3. The molecule has 0 spiro atoms. The standard InChI is InChI=1S/C15H21BrFNO2S/c1-2-18-14(15-5-3-4-8-21(15,19)20)9-11-6-7-12(17)10-13(11)16/h6-7,10,14-15,18H,2-5,8-9H2,1H3. The van der Waals surface area contributed by atoms with Crippen LogP contribution in [0.5, 0.6) is 0 Å². The van der Waals surface area contributed by atoms with E-state index in [2.05, 4.69) is 21.2 Å². The van der Waals surface area contributed by atoms with E-state index >= 15 is 0 Å². The zero-order valence-electron chi connectivity index (χ0n) is 12.1. The molecule has 1 N–H and O–H groups in total. The Bertz CT molecular complexity index is 591. The Morgan fingerprint density at radius 1 is 1.43 bits per heavy atom. The second-order valence-electron chi connectivity index (χ2n) is 5.51. The summed E-state index contributed by atoms with van der Waals surface area (Å²) in [6.45, 7) is 2.69. The van der Waals surface area contributed by atoms with Crippen LogP contribution in [0.3, 0.4) is 0 Å². The third-order valence-corrected chi connectivity index (χ3v) is 7.08. The zero-order chi connectivity index (χ0) is 15.5. The van der Waals surface area contributed by atoms with E-state index in [-0.39, 0.29) is 22.9 Å². The smallest absolute Gasteiger partial charge is 0.154 e. The molecule has 0 aromatic heterocycles. The Balaban J connectivity index is 2.22. The normalized spacial score (nSPS) is 22.9. The lowest BCUT2D eigenvalue weighted by atomic mass is 9.99. The van der Waals surface area contributed by atoms with E-state index in [1.165, 1.54) is 12.1 Å². The van der Waals surface area contributed by atoms with E-state index in [4.69, 9.17) is 0 Å². The molecule has 1 saturated heterocycles. The SMILES string of the molecule is CCNC(Cc1ccc(F)cc1Br)C1CCCCS1(=O)=O. The van der Waals surface area contributed by atoms with Crippen LogP contribution in [0.1, 0.15) is 31.7 Å². The van der Waals surface area contributed by atoms with Crippen LogP contribution in [0, 0.1) is 5.82 Å². The van der Waals surface area contributed by atoms with Gasteiger partial charge in [0.15, 0.2) is 9.84 Å². The quantitative estimate of drug-likeness (QED) is 0.857. The molecular weight excluding hydrogens is 357 g/mol. The lowest BCUT2D eigenvalue weighted by molar-refractivity contribution is 0.440. The topological polar surface area (TPSA) is 46.2 Å². The molecule has 1 aliphatic rings. The van der Waals surface area contributed by atoms with Crippen molar-refractivity contribution in [3.8, 4) is 0 Å². The summed E-state index contributed by atoms with van der Waals surface area (Å²) in [6.07, 6.45) is 3.01. The number of likely N-dealkylation sites (N-methyl/N-ethyl adjacent to an activating group) is 1. The molecule has 0 radical (unpaired) electrons. The summed E-state index contributed by atoms with van der Waals surface area (Å²) in [6, 6.07) is 4.44. The number of nitrogens with one attached hydrogen (secondary N) is 1. The summed E-state index contributed by atoms with van der Waals surface area (Å²) in [5, 5.41) is 2.96. The molecule has 1 aliphatic heterocycles. The zero-order valence-corrected chi connectivity index (χ0v) is 14.5. The van der Waals surface area contributed by atoms with Crippen molar-refractivity contribution in [1.82, 2.24) is 5.32 Å². The summed E-state index contributed by atoms with van der Waals surface area (Å²) >= 11 is 3.36. The first kappa shape index (κ1) is 16.9. The summed E-state index contributed by atoms with van der Waals surface area (Å²) < 4.78 is 38.5. The fourth-order valence-electron chi connectivity index (χ4n) is 2.95. The summed E-state index contributed by atoms with van der Waals surface area (Å²) in [7, 11) is -3.04. The molecule has 1 heterocycles. The Labute approximate surface area is 134 Å². The van der Waals surface area contributed by atoms with E-state index in [9.17, 15) is 12.8 Å². The van der Waals surface area contributed by atoms with Crippen LogP contribution < -0.4 is 5.32 Å². The third kappa shape index (κ3) is 4.27. The highest BCUT2D eigenvalue weighted by Gasteiger charge is 2.35. The summed E-state index contributed by atoms with van der Waals surface area (Å²) in [5.41, 5.74) is 0.933. The molecular formula is C15H21BrFNO2S. The van der Waals surface area contributed by atoms with Gasteiger partial charge < -0.3 is 5.32 Å². The van der Waals surface area contributed by atoms with Gasteiger partial charge in [-0.05, 0) is 43.5 Å². The van der Waals surface area contributed by atoms with Gasteiger partial charge in [-0.25, -0.2) is 12.8 Å². The van der Waals surface area contributed by atoms with Gasteiger partial charge in [-0.1, -0.05) is 35.3 Å². The van der Waals surface area contributed by atoms with Crippen molar-refractivity contribution in [2.24, 2.45) is 0 Å². The van der Waals surface area contributed by atoms with Crippen LogP contribution in [0.25, 0.3) is 0 Å². The monoisotopic (exact) mass is 377 g/mol. The average Bonchev–Trinajstić information content (AvgIpc) is 2.41. The van der Waals surface area contributed by atoms with Crippen molar-refractivity contribution < 1.29 is 12.8 Å². The lowest BCUT2D eigenvalue weighted by Gasteiger charge is -2.31. The van der Waals surface area contributed by atoms with E-state index < -0.39 is 9.84 Å². The second-order valence-corrected chi connectivity index (χ2v) is 8.70. The van der Waals surface area contributed by atoms with Crippen LogP contribution in [0.15, 0.2) is 22.7 Å². The van der Waals surface area contributed by atoms with Gasteiger partial charge >= 0.3 is 0 Å². The van der Waals surface area contributed by atoms with Gasteiger partial charge in [0, 0.05) is 10.5 Å². The fourth-order valence-corrected chi connectivity index (χ4v) is 5.59. The molecule has 1 aromatic carbocycles. The molecule has 118 valence electrons. The Morgan fingerprint density at radius 3 is 2.81 bits per heavy atom. The van der Waals surface area contributed by atoms with Gasteiger partial charge in [0.05, 0.1) is 11.0 Å². The summed E-state index contributed by atoms with van der Waals surface area (Å²) in [4.78, 5) is 0. The highest BCUT2D eigenvalue weighted by atomic mass is 79.9. The van der Waals surface area contributed by atoms with Crippen LogP contribution in [0.4, 0.5) is 4.39 Å². The Hall–Kier alpha value is -0.460. The molecule has 2 atom stereocenters. The third-order valence-electron chi connectivity index (χ3n) is 4.00. The van der Waals surface area contributed by atoms with Crippen molar-refractivity contribution in [3.05, 3.63) is 34.1 Å². The van der Waals surface area contributed by atoms with E-state index in [0.717, 1.165) is 24.9 Å². The number of sulfone groups is 1. The molecule has 0 amide bonds. The second kappa shape index (κ2) is 7.20. The Kier molecular flexibility index (Phi) is 5.80. The average molecular weight is 378 g/mol. The van der Waals surface area contributed by atoms with E-state index in [0.29, 0.717) is 17.3 Å². The fraction of sp³-hybridized carbons (Fsp3) is 0.600. The molecule has 0 bridgehead atoms. The van der Waals surface area contributed by atoms with Crippen LogP contribution in [-0.2, 0) is 16.3 Å². The number of benzene rings is 1. The number of halogens is 2. The molecule has 3 nitrogen and oxygen atoms in total. The van der Waals surface area contributed by atoms with Gasteiger partial charge in [0.1, 0.15) is 5.82 Å². The van der Waals surface area contributed by atoms with E-state index in [1.54, 1.807) is 6.07 Å². The first-order valence-electron chi connectivity index (χ1n) is 7.33. The van der Waals surface area contributed by atoms with Gasteiger partial charge in [-0.2, -0.15) is 0 Å². The highest BCUT2D eigenvalue weighted by Crippen LogP contribution is 2.26. The van der Waals surface area contributed by atoms with Crippen molar-refractivity contribution in [2.75, 3.05) is 12.3 Å². The maximum absolute atomic E-state index is 13.2. The van der Waals surface area contributed by atoms with Gasteiger partial charge in [-0.3, -0.25) is 0 Å². The molecule has 2 rings (SSSR count). The van der Waals surface area contributed by atoms with Crippen molar-refractivity contribution in [3.63, 3.8) is 0 Å². The molecule has 0 saturated carbocycles. The molecule has 1 fully saturated rings. The molecule has 0 aliphatic carbocycles. The van der Waals surface area contributed by atoms with Crippen LogP contribution >= 0.6 is 15.9 Å². The number of hydrogen-bond donors (Lipinski definition) is 1. The van der Waals surface area contributed by atoms with Gasteiger partial charge in [0.25, 0.3) is 0 Å². The van der Waals surface area contributed by atoms with Crippen molar-refractivity contribution in [1.29, 1.82) is 0 Å². The Morgan fingerprint density at radius 2 is 2.19 bits per heavy atom. The number of rotatable bonds is 5. The molecule has 1 aromatic rings. The minimum atomic E-state index is -3.04. The molecule has 21 heavy (non-hydrogen) atoms. The highest BCUT2D eigenvalue weighted by molar-refractivity contribution is 9.10.